The number of methoxy groups -OCH3 is 1. The van der Waals surface area contributed by atoms with Crippen LogP contribution in [-0.4, -0.2) is 13.1 Å². The molecule has 0 aliphatic heterocycles. The van der Waals surface area contributed by atoms with E-state index in [0.29, 0.717) is 11.3 Å². The van der Waals surface area contributed by atoms with Gasteiger partial charge in [-0.25, -0.2) is 9.18 Å². The van der Waals surface area contributed by atoms with Gasteiger partial charge in [0.1, 0.15) is 5.82 Å². The SMILES string of the molecule is COC(=O)c1cccc(NC(C)c2ccccc2F)c1N. The number of benzene rings is 2. The maximum Gasteiger partial charge on any atom is 0.340 e. The Morgan fingerprint density at radius 2 is 1.95 bits per heavy atom. The summed E-state index contributed by atoms with van der Waals surface area (Å²) < 4.78 is 18.4. The molecule has 5 heteroatoms. The molecule has 2 rings (SSSR count). The summed E-state index contributed by atoms with van der Waals surface area (Å²) in [5.74, 6) is -0.796. The molecule has 2 aromatic rings. The van der Waals surface area contributed by atoms with Crippen molar-refractivity contribution in [1.82, 2.24) is 0 Å². The Bertz CT molecular complexity index is 658. The number of hydrogen-bond donors (Lipinski definition) is 2. The third-order valence-corrected chi connectivity index (χ3v) is 3.26. The predicted molar refractivity (Wildman–Crippen MR) is 80.6 cm³/mol. The van der Waals surface area contributed by atoms with Gasteiger partial charge in [0, 0.05) is 5.56 Å². The minimum absolute atomic E-state index is 0.281. The number of carbonyl (C=O) groups excluding carboxylic acids is 1. The van der Waals surface area contributed by atoms with E-state index in [4.69, 9.17) is 5.73 Å². The zero-order valence-corrected chi connectivity index (χ0v) is 11.9. The summed E-state index contributed by atoms with van der Waals surface area (Å²) in [6.45, 7) is 1.82. The lowest BCUT2D eigenvalue weighted by molar-refractivity contribution is 0.0602. The number of rotatable bonds is 4. The average molecular weight is 288 g/mol. The van der Waals surface area contributed by atoms with Crippen LogP contribution >= 0.6 is 0 Å². The third-order valence-electron chi connectivity index (χ3n) is 3.26. The molecule has 0 saturated heterocycles. The number of carbonyl (C=O) groups is 1. The number of ether oxygens (including phenoxy) is 1. The second-order valence-corrected chi connectivity index (χ2v) is 4.65. The maximum absolute atomic E-state index is 13.8. The van der Waals surface area contributed by atoms with Crippen molar-refractivity contribution in [2.45, 2.75) is 13.0 Å². The number of para-hydroxylation sites is 1. The summed E-state index contributed by atoms with van der Waals surface area (Å²) >= 11 is 0. The Labute approximate surface area is 122 Å². The molecule has 0 fully saturated rings. The van der Waals surface area contributed by atoms with Crippen molar-refractivity contribution in [3.8, 4) is 0 Å². The van der Waals surface area contributed by atoms with Gasteiger partial charge in [-0.05, 0) is 25.1 Å². The molecule has 0 heterocycles. The first-order chi connectivity index (χ1) is 10.0. The lowest BCUT2D eigenvalue weighted by atomic mass is 10.1. The van der Waals surface area contributed by atoms with Crippen LogP contribution in [0.25, 0.3) is 0 Å². The first kappa shape index (κ1) is 14.8. The van der Waals surface area contributed by atoms with Crippen LogP contribution in [0.1, 0.15) is 28.9 Å². The van der Waals surface area contributed by atoms with Crippen LogP contribution in [0.3, 0.4) is 0 Å². The highest BCUT2D eigenvalue weighted by Crippen LogP contribution is 2.28. The Balaban J connectivity index is 2.28. The molecule has 0 saturated carbocycles. The summed E-state index contributed by atoms with van der Waals surface area (Å²) in [5, 5.41) is 3.11. The number of halogens is 1. The first-order valence-electron chi connectivity index (χ1n) is 6.52. The van der Waals surface area contributed by atoms with Crippen molar-refractivity contribution in [3.05, 3.63) is 59.4 Å². The van der Waals surface area contributed by atoms with Gasteiger partial charge in [0.05, 0.1) is 30.1 Å². The summed E-state index contributed by atoms with van der Waals surface area (Å²) in [7, 11) is 1.30. The smallest absolute Gasteiger partial charge is 0.340 e. The molecular formula is C16H17FN2O2. The molecule has 0 aliphatic rings. The van der Waals surface area contributed by atoms with E-state index in [-0.39, 0.29) is 23.1 Å². The van der Waals surface area contributed by atoms with E-state index in [1.54, 1.807) is 36.4 Å². The number of nitrogens with one attached hydrogen (secondary N) is 1. The van der Waals surface area contributed by atoms with Crippen LogP contribution in [0.2, 0.25) is 0 Å². The molecule has 1 atom stereocenters. The monoisotopic (exact) mass is 288 g/mol. The lowest BCUT2D eigenvalue weighted by Gasteiger charge is -2.18. The van der Waals surface area contributed by atoms with Crippen molar-refractivity contribution < 1.29 is 13.9 Å². The number of anilines is 2. The summed E-state index contributed by atoms with van der Waals surface area (Å²) in [4.78, 5) is 11.6. The highest BCUT2D eigenvalue weighted by Gasteiger charge is 2.15. The summed E-state index contributed by atoms with van der Waals surface area (Å²) in [6.07, 6.45) is 0. The molecule has 0 spiro atoms. The lowest BCUT2D eigenvalue weighted by Crippen LogP contribution is -2.12. The zero-order valence-electron chi connectivity index (χ0n) is 11.9. The average Bonchev–Trinajstić information content (AvgIpc) is 2.49. The van der Waals surface area contributed by atoms with Crippen molar-refractivity contribution >= 4 is 17.3 Å². The highest BCUT2D eigenvalue weighted by atomic mass is 19.1. The van der Waals surface area contributed by atoms with E-state index < -0.39 is 5.97 Å². The number of nitrogens with two attached hydrogens (primary N) is 1. The molecule has 2 aromatic carbocycles. The van der Waals surface area contributed by atoms with Gasteiger partial charge in [-0.2, -0.15) is 0 Å². The van der Waals surface area contributed by atoms with Gasteiger partial charge in [0.15, 0.2) is 0 Å². The molecule has 3 N–H and O–H groups in total. The Kier molecular flexibility index (Phi) is 4.42. The van der Waals surface area contributed by atoms with E-state index in [2.05, 4.69) is 10.1 Å². The second-order valence-electron chi connectivity index (χ2n) is 4.65. The largest absolute Gasteiger partial charge is 0.465 e. The molecule has 4 nitrogen and oxygen atoms in total. The second kappa shape index (κ2) is 6.26. The van der Waals surface area contributed by atoms with Crippen LogP contribution in [-0.2, 0) is 4.74 Å². The molecule has 0 amide bonds. The van der Waals surface area contributed by atoms with Gasteiger partial charge in [-0.1, -0.05) is 24.3 Å². The summed E-state index contributed by atoms with van der Waals surface area (Å²) in [5.41, 5.74) is 7.62. The zero-order chi connectivity index (χ0) is 15.4. The third kappa shape index (κ3) is 3.13. The van der Waals surface area contributed by atoms with E-state index in [1.807, 2.05) is 6.92 Å². The van der Waals surface area contributed by atoms with Gasteiger partial charge < -0.3 is 15.8 Å². The van der Waals surface area contributed by atoms with E-state index in [9.17, 15) is 9.18 Å². The fourth-order valence-electron chi connectivity index (χ4n) is 2.12. The summed E-state index contributed by atoms with van der Waals surface area (Å²) in [6, 6.07) is 11.2. The van der Waals surface area contributed by atoms with Gasteiger partial charge in [0.25, 0.3) is 0 Å². The van der Waals surface area contributed by atoms with Crippen molar-refractivity contribution in [2.75, 3.05) is 18.2 Å². The predicted octanol–water partition coefficient (Wildman–Crippen LogP) is 3.37. The minimum Gasteiger partial charge on any atom is -0.465 e. The van der Waals surface area contributed by atoms with Crippen molar-refractivity contribution in [2.24, 2.45) is 0 Å². The van der Waals surface area contributed by atoms with Crippen molar-refractivity contribution in [3.63, 3.8) is 0 Å². The first-order valence-corrected chi connectivity index (χ1v) is 6.52. The Morgan fingerprint density at radius 1 is 1.24 bits per heavy atom. The fourth-order valence-corrected chi connectivity index (χ4v) is 2.12. The van der Waals surface area contributed by atoms with E-state index in [0.717, 1.165) is 0 Å². The standard InChI is InChI=1S/C16H17FN2O2/c1-10(11-6-3-4-8-13(11)17)19-14-9-5-7-12(15(14)18)16(20)21-2/h3-10,19H,18H2,1-2H3. The molecule has 0 aliphatic carbocycles. The number of esters is 1. The quantitative estimate of drug-likeness (QED) is 0.669. The van der Waals surface area contributed by atoms with Gasteiger partial charge in [0.2, 0.25) is 0 Å². The van der Waals surface area contributed by atoms with E-state index in [1.165, 1.54) is 13.2 Å². The van der Waals surface area contributed by atoms with Crippen LogP contribution in [0.4, 0.5) is 15.8 Å². The number of hydrogen-bond acceptors (Lipinski definition) is 4. The maximum atomic E-state index is 13.8. The molecular weight excluding hydrogens is 271 g/mol. The fraction of sp³-hybridized carbons (Fsp3) is 0.188. The molecule has 0 aromatic heterocycles. The van der Waals surface area contributed by atoms with Crippen LogP contribution < -0.4 is 11.1 Å². The Hall–Kier alpha value is -2.56. The molecule has 0 radical (unpaired) electrons. The van der Waals surface area contributed by atoms with Crippen LogP contribution in [0, 0.1) is 5.82 Å². The van der Waals surface area contributed by atoms with Gasteiger partial charge in [-0.3, -0.25) is 0 Å². The van der Waals surface area contributed by atoms with Crippen molar-refractivity contribution in [1.29, 1.82) is 0 Å². The van der Waals surface area contributed by atoms with Crippen LogP contribution in [0.15, 0.2) is 42.5 Å². The van der Waals surface area contributed by atoms with Crippen LogP contribution in [0.5, 0.6) is 0 Å². The molecule has 110 valence electrons. The normalized spacial score (nSPS) is 11.8. The number of nitrogen functional groups attached to an aromatic ring is 1. The molecule has 1 unspecified atom stereocenters. The van der Waals surface area contributed by atoms with Gasteiger partial charge >= 0.3 is 5.97 Å². The Morgan fingerprint density at radius 3 is 2.62 bits per heavy atom. The van der Waals surface area contributed by atoms with Gasteiger partial charge in [-0.15, -0.1) is 0 Å². The molecule has 21 heavy (non-hydrogen) atoms. The topological polar surface area (TPSA) is 64.3 Å². The molecule has 0 bridgehead atoms. The van der Waals surface area contributed by atoms with E-state index >= 15 is 0 Å². The highest BCUT2D eigenvalue weighted by molar-refractivity contribution is 5.98. The minimum atomic E-state index is -0.505.